The number of rotatable bonds is 6. The van der Waals surface area contributed by atoms with Crippen LogP contribution in [0.25, 0.3) is 27.0 Å². The monoisotopic (exact) mass is 615 g/mol. The van der Waals surface area contributed by atoms with Crippen LogP contribution in [-0.2, 0) is 9.53 Å². The van der Waals surface area contributed by atoms with Crippen LogP contribution in [0.5, 0.6) is 0 Å². The predicted octanol–water partition coefficient (Wildman–Crippen LogP) is 6.88. The molecule has 7 rings (SSSR count). The van der Waals surface area contributed by atoms with E-state index in [4.69, 9.17) is 4.74 Å². The summed E-state index contributed by atoms with van der Waals surface area (Å²) in [5.74, 6) is 0.223. The molecule has 43 heavy (non-hydrogen) atoms. The maximum absolute atomic E-state index is 12.4. The van der Waals surface area contributed by atoms with Gasteiger partial charge in [-0.05, 0) is 76.8 Å². The highest BCUT2D eigenvalue weighted by atomic mass is 32.2. The number of imidazole rings is 1. The molecule has 1 saturated heterocycles. The Balaban J connectivity index is 1.04. The van der Waals surface area contributed by atoms with E-state index in [-0.39, 0.29) is 24.0 Å². The van der Waals surface area contributed by atoms with Crippen molar-refractivity contribution < 1.29 is 14.3 Å². The first-order chi connectivity index (χ1) is 20.7. The van der Waals surface area contributed by atoms with Gasteiger partial charge in [0, 0.05) is 47.4 Å². The number of hydrogen-bond donors (Lipinski definition) is 1. The first-order valence-corrected chi connectivity index (χ1v) is 16.2. The zero-order valence-electron chi connectivity index (χ0n) is 24.3. The molecule has 2 fully saturated rings. The van der Waals surface area contributed by atoms with Crippen LogP contribution >= 0.6 is 23.1 Å². The van der Waals surface area contributed by atoms with Gasteiger partial charge >= 0.3 is 6.09 Å². The lowest BCUT2D eigenvalue weighted by molar-refractivity contribution is -0.117. The molecule has 5 aromatic rings. The number of aromatic nitrogens is 5. The number of ether oxygens (including phenoxy) is 1. The van der Waals surface area contributed by atoms with E-state index >= 15 is 0 Å². The van der Waals surface area contributed by atoms with E-state index in [9.17, 15) is 9.59 Å². The standard InChI is InChI=1S/C31H33N7O3S2/c1-31(2,3)41-30(40)36-12-10-22(11-13-36)38-18-21(15-33-38)20-6-9-26-32-16-27(37(26)17-20)42-23-7-8-24-25(14-23)43-29(34-24)35-28(39)19-4-5-19/h6-9,14-19,22H,4-5,10-13H2,1-3H3,(H,34,35,39). The van der Waals surface area contributed by atoms with Gasteiger partial charge < -0.3 is 15.0 Å². The van der Waals surface area contributed by atoms with Crippen molar-refractivity contribution >= 4 is 56.1 Å². The molecule has 0 atom stereocenters. The molecular formula is C31H33N7O3S2. The summed E-state index contributed by atoms with van der Waals surface area (Å²) in [6, 6.07) is 10.5. The third-order valence-electron chi connectivity index (χ3n) is 7.66. The highest BCUT2D eigenvalue weighted by molar-refractivity contribution is 7.99. The second-order valence-electron chi connectivity index (χ2n) is 12.2. The molecular weight excluding hydrogens is 583 g/mol. The molecule has 1 N–H and O–H groups in total. The second kappa shape index (κ2) is 11.0. The third-order valence-corrected chi connectivity index (χ3v) is 9.59. The first-order valence-electron chi connectivity index (χ1n) is 14.6. The van der Waals surface area contributed by atoms with E-state index in [0.29, 0.717) is 18.2 Å². The van der Waals surface area contributed by atoms with Crippen molar-refractivity contribution in [1.29, 1.82) is 0 Å². The van der Waals surface area contributed by atoms with E-state index in [1.54, 1.807) is 16.7 Å². The van der Waals surface area contributed by atoms with Crippen molar-refractivity contribution in [1.82, 2.24) is 29.0 Å². The molecule has 0 radical (unpaired) electrons. The molecule has 10 nitrogen and oxygen atoms in total. The number of nitrogens with zero attached hydrogens (tertiary/aromatic N) is 6. The number of carbonyl (C=O) groups excluding carboxylic acids is 2. The molecule has 1 aliphatic carbocycles. The van der Waals surface area contributed by atoms with Gasteiger partial charge in [0.1, 0.15) is 16.3 Å². The number of anilines is 1. The Morgan fingerprint density at radius 3 is 2.60 bits per heavy atom. The largest absolute Gasteiger partial charge is 0.444 e. The van der Waals surface area contributed by atoms with E-state index in [0.717, 1.165) is 62.6 Å². The van der Waals surface area contributed by atoms with Crippen LogP contribution in [0.15, 0.2) is 65.0 Å². The Morgan fingerprint density at radius 2 is 1.84 bits per heavy atom. The smallest absolute Gasteiger partial charge is 0.410 e. The van der Waals surface area contributed by atoms with Crippen LogP contribution in [0.2, 0.25) is 0 Å². The zero-order valence-corrected chi connectivity index (χ0v) is 26.0. The Bertz CT molecular complexity index is 1820. The minimum Gasteiger partial charge on any atom is -0.444 e. The van der Waals surface area contributed by atoms with E-state index < -0.39 is 5.60 Å². The van der Waals surface area contributed by atoms with E-state index in [2.05, 4.69) is 55.4 Å². The topological polar surface area (TPSA) is 107 Å². The Labute approximate surface area is 257 Å². The third kappa shape index (κ3) is 6.12. The summed E-state index contributed by atoms with van der Waals surface area (Å²) < 4.78 is 10.7. The van der Waals surface area contributed by atoms with Crippen molar-refractivity contribution in [3.63, 3.8) is 0 Å². The molecule has 5 heterocycles. The Hall–Kier alpha value is -3.90. The minimum absolute atomic E-state index is 0.0734. The SMILES string of the molecule is CC(C)(C)OC(=O)N1CCC(n2cc(-c3ccc4ncc(Sc5ccc6nc(NC(=O)C7CC7)sc6c5)n4c3)cn2)CC1. The number of benzene rings is 1. The van der Waals surface area contributed by atoms with Crippen molar-refractivity contribution in [3.05, 3.63) is 55.1 Å². The molecule has 222 valence electrons. The predicted molar refractivity (Wildman–Crippen MR) is 168 cm³/mol. The van der Waals surface area contributed by atoms with Gasteiger partial charge in [-0.2, -0.15) is 5.10 Å². The number of hydrogen-bond acceptors (Lipinski definition) is 8. The van der Waals surface area contributed by atoms with Crippen LogP contribution in [0.4, 0.5) is 9.93 Å². The number of nitrogens with one attached hydrogen (secondary N) is 1. The molecule has 0 bridgehead atoms. The second-order valence-corrected chi connectivity index (χ2v) is 14.3. The number of thiazole rings is 1. The summed E-state index contributed by atoms with van der Waals surface area (Å²) in [7, 11) is 0. The zero-order chi connectivity index (χ0) is 29.7. The van der Waals surface area contributed by atoms with Gasteiger partial charge in [-0.1, -0.05) is 23.1 Å². The number of pyridine rings is 1. The highest BCUT2D eigenvalue weighted by Gasteiger charge is 2.30. The average Bonchev–Trinajstić information content (AvgIpc) is 3.39. The van der Waals surface area contributed by atoms with Gasteiger partial charge in [-0.25, -0.2) is 14.8 Å². The summed E-state index contributed by atoms with van der Waals surface area (Å²) >= 11 is 3.15. The van der Waals surface area contributed by atoms with E-state index in [1.807, 2.05) is 50.0 Å². The van der Waals surface area contributed by atoms with Gasteiger partial charge in [0.2, 0.25) is 5.91 Å². The number of likely N-dealkylation sites (tertiary alicyclic amines) is 1. The van der Waals surface area contributed by atoms with Crippen LogP contribution in [0.1, 0.15) is 52.5 Å². The fraction of sp³-hybridized carbons (Fsp3) is 0.387. The lowest BCUT2D eigenvalue weighted by atomic mass is 10.1. The molecule has 2 aliphatic rings. The van der Waals surface area contributed by atoms with Gasteiger partial charge in [0.25, 0.3) is 0 Å². The molecule has 0 unspecified atom stereocenters. The summed E-state index contributed by atoms with van der Waals surface area (Å²) in [6.07, 6.45) is 11.4. The van der Waals surface area contributed by atoms with Gasteiger partial charge in [0.05, 0.1) is 28.7 Å². The van der Waals surface area contributed by atoms with Crippen molar-refractivity contribution in [2.75, 3.05) is 18.4 Å². The molecule has 0 spiro atoms. The van der Waals surface area contributed by atoms with Crippen LogP contribution < -0.4 is 5.32 Å². The van der Waals surface area contributed by atoms with Crippen LogP contribution in [-0.4, -0.2) is 59.7 Å². The van der Waals surface area contributed by atoms with Crippen LogP contribution in [0, 0.1) is 5.92 Å². The molecule has 1 aromatic carbocycles. The van der Waals surface area contributed by atoms with Gasteiger partial charge in [-0.15, -0.1) is 0 Å². The lowest BCUT2D eigenvalue weighted by Crippen LogP contribution is -2.42. The number of amides is 2. The summed E-state index contributed by atoms with van der Waals surface area (Å²) in [5.41, 5.74) is 3.35. The number of piperidine rings is 1. The molecule has 1 aliphatic heterocycles. The molecule has 1 saturated carbocycles. The fourth-order valence-electron chi connectivity index (χ4n) is 5.23. The average molecular weight is 616 g/mol. The number of fused-ring (bicyclic) bond motifs is 2. The fourth-order valence-corrected chi connectivity index (χ4v) is 7.11. The van der Waals surface area contributed by atoms with Gasteiger partial charge in [0.15, 0.2) is 5.13 Å². The molecule has 12 heteroatoms. The maximum atomic E-state index is 12.4. The summed E-state index contributed by atoms with van der Waals surface area (Å²) in [6.45, 7) is 6.98. The Kier molecular flexibility index (Phi) is 7.13. The normalized spacial score (nSPS) is 16.2. The van der Waals surface area contributed by atoms with Crippen molar-refractivity contribution in [2.24, 2.45) is 5.92 Å². The Morgan fingerprint density at radius 1 is 1.02 bits per heavy atom. The number of carbonyl (C=O) groups is 2. The quantitative estimate of drug-likeness (QED) is 0.222. The first kappa shape index (κ1) is 27.9. The maximum Gasteiger partial charge on any atom is 0.410 e. The minimum atomic E-state index is -0.492. The molecule has 2 amide bonds. The lowest BCUT2D eigenvalue weighted by Gasteiger charge is -2.33. The van der Waals surface area contributed by atoms with E-state index in [1.165, 1.54) is 11.3 Å². The van der Waals surface area contributed by atoms with Crippen molar-refractivity contribution in [3.8, 4) is 11.1 Å². The van der Waals surface area contributed by atoms with Gasteiger partial charge in [-0.3, -0.25) is 13.9 Å². The molecule has 4 aromatic heterocycles. The summed E-state index contributed by atoms with van der Waals surface area (Å²) in [4.78, 5) is 36.7. The highest BCUT2D eigenvalue weighted by Crippen LogP contribution is 2.36. The summed E-state index contributed by atoms with van der Waals surface area (Å²) in [5, 5.41) is 9.31. The van der Waals surface area contributed by atoms with Crippen LogP contribution in [0.3, 0.4) is 0 Å². The van der Waals surface area contributed by atoms with Crippen molar-refractivity contribution in [2.45, 2.75) is 68.0 Å².